The van der Waals surface area contributed by atoms with Crippen molar-refractivity contribution in [2.24, 2.45) is 0 Å². The Bertz CT molecular complexity index is 274. The summed E-state index contributed by atoms with van der Waals surface area (Å²) in [4.78, 5) is 1.20. The molecule has 0 aromatic heterocycles. The molecule has 72 valence electrons. The first-order chi connectivity index (χ1) is 6.24. The minimum Gasteiger partial charge on any atom is -0.126 e. The lowest BCUT2D eigenvalue weighted by molar-refractivity contribution is 0.896. The number of thioether (sulfide) groups is 1. The largest absolute Gasteiger partial charge is 0.126 e. The Hall–Kier alpha value is 0.150. The minimum atomic E-state index is 0.626. The summed E-state index contributed by atoms with van der Waals surface area (Å²) >= 11 is 13.5. The molecule has 3 heteroatoms. The van der Waals surface area contributed by atoms with E-state index in [1.54, 1.807) is 0 Å². The molecule has 0 atom stereocenters. The molecule has 0 aliphatic rings. The first-order valence-corrected chi connectivity index (χ1v) is 6.06. The lowest BCUT2D eigenvalue weighted by atomic mass is 10.4. The van der Waals surface area contributed by atoms with E-state index >= 15 is 0 Å². The van der Waals surface area contributed by atoms with E-state index in [9.17, 15) is 0 Å². The Morgan fingerprint density at radius 1 is 1.23 bits per heavy atom. The molecule has 13 heavy (non-hydrogen) atoms. The van der Waals surface area contributed by atoms with E-state index in [-0.39, 0.29) is 0 Å². The number of hydrogen-bond acceptors (Lipinski definition) is 1. The second-order valence-electron chi connectivity index (χ2n) is 2.78. The van der Waals surface area contributed by atoms with Crippen molar-refractivity contribution < 1.29 is 0 Å². The van der Waals surface area contributed by atoms with Crippen molar-refractivity contribution in [3.63, 3.8) is 0 Å². The maximum absolute atomic E-state index is 5.88. The molecular weight excluding hydrogens is 223 g/mol. The summed E-state index contributed by atoms with van der Waals surface area (Å²) in [7, 11) is 0. The second kappa shape index (κ2) is 5.79. The highest BCUT2D eigenvalue weighted by Gasteiger charge is 1.99. The Kier molecular flexibility index (Phi) is 5.00. The molecule has 0 unspecified atom stereocenters. The van der Waals surface area contributed by atoms with Gasteiger partial charge in [-0.25, -0.2) is 0 Å². The van der Waals surface area contributed by atoms with E-state index in [0.717, 1.165) is 5.75 Å². The summed E-state index contributed by atoms with van der Waals surface area (Å²) in [5.41, 5.74) is 0. The zero-order chi connectivity index (χ0) is 9.68. The smallest absolute Gasteiger partial charge is 0.0603 e. The average molecular weight is 235 g/mol. The van der Waals surface area contributed by atoms with Crippen LogP contribution in [0.25, 0.3) is 0 Å². The van der Waals surface area contributed by atoms with Gasteiger partial charge in [0.25, 0.3) is 0 Å². The average Bonchev–Trinajstić information content (AvgIpc) is 2.12. The predicted molar refractivity (Wildman–Crippen MR) is 62.1 cm³/mol. The van der Waals surface area contributed by atoms with Crippen LogP contribution in [-0.4, -0.2) is 5.75 Å². The fourth-order valence-electron chi connectivity index (χ4n) is 0.901. The number of benzene rings is 1. The third-order valence-corrected chi connectivity index (χ3v) is 3.48. The highest BCUT2D eigenvalue weighted by atomic mass is 35.5. The first-order valence-electron chi connectivity index (χ1n) is 4.32. The fraction of sp³-hybridized carbons (Fsp3) is 0.400. The summed E-state index contributed by atoms with van der Waals surface area (Å²) in [5, 5.41) is 1.27. The molecule has 1 rings (SSSR count). The summed E-state index contributed by atoms with van der Waals surface area (Å²) < 4.78 is 0. The van der Waals surface area contributed by atoms with Gasteiger partial charge in [0.2, 0.25) is 0 Å². The van der Waals surface area contributed by atoms with Crippen molar-refractivity contribution in [1.82, 2.24) is 0 Å². The second-order valence-corrected chi connectivity index (χ2v) is 4.76. The van der Waals surface area contributed by atoms with Crippen LogP contribution in [0.2, 0.25) is 10.0 Å². The van der Waals surface area contributed by atoms with Gasteiger partial charge in [-0.15, -0.1) is 11.8 Å². The van der Waals surface area contributed by atoms with Gasteiger partial charge in [-0.05, 0) is 30.4 Å². The molecule has 0 saturated carbocycles. The van der Waals surface area contributed by atoms with Crippen LogP contribution in [0.5, 0.6) is 0 Å². The van der Waals surface area contributed by atoms with Gasteiger partial charge < -0.3 is 0 Å². The molecule has 1 aromatic rings. The third kappa shape index (κ3) is 3.80. The van der Waals surface area contributed by atoms with Crippen LogP contribution < -0.4 is 0 Å². The Morgan fingerprint density at radius 2 is 2.00 bits per heavy atom. The Morgan fingerprint density at radius 3 is 2.62 bits per heavy atom. The number of rotatable bonds is 4. The van der Waals surface area contributed by atoms with Crippen LogP contribution in [0.3, 0.4) is 0 Å². The lowest BCUT2D eigenvalue weighted by Crippen LogP contribution is -1.78. The fourth-order valence-corrected chi connectivity index (χ4v) is 2.30. The van der Waals surface area contributed by atoms with Crippen LogP contribution in [0, 0.1) is 0 Å². The monoisotopic (exact) mass is 234 g/mol. The van der Waals surface area contributed by atoms with Gasteiger partial charge in [0.1, 0.15) is 0 Å². The van der Waals surface area contributed by atoms with Gasteiger partial charge in [0.05, 0.1) is 10.0 Å². The van der Waals surface area contributed by atoms with E-state index in [4.69, 9.17) is 23.2 Å². The SMILES string of the molecule is CCCCSc1ccc(Cl)c(Cl)c1. The zero-order valence-corrected chi connectivity index (χ0v) is 9.85. The quantitative estimate of drug-likeness (QED) is 0.529. The third-order valence-electron chi connectivity index (χ3n) is 1.66. The number of unbranched alkanes of at least 4 members (excludes halogenated alkanes) is 1. The molecule has 0 fully saturated rings. The van der Waals surface area contributed by atoms with Gasteiger partial charge in [0.15, 0.2) is 0 Å². The summed E-state index contributed by atoms with van der Waals surface area (Å²) in [6.45, 7) is 2.19. The molecule has 0 aliphatic carbocycles. The van der Waals surface area contributed by atoms with Crippen molar-refractivity contribution in [2.75, 3.05) is 5.75 Å². The Balaban J connectivity index is 2.53. The molecule has 0 spiro atoms. The van der Waals surface area contributed by atoms with Crippen LogP contribution in [0.15, 0.2) is 23.1 Å². The van der Waals surface area contributed by atoms with Gasteiger partial charge >= 0.3 is 0 Å². The zero-order valence-electron chi connectivity index (χ0n) is 7.52. The molecule has 0 N–H and O–H groups in total. The predicted octanol–water partition coefficient (Wildman–Crippen LogP) is 4.89. The van der Waals surface area contributed by atoms with Crippen molar-refractivity contribution in [3.05, 3.63) is 28.2 Å². The maximum Gasteiger partial charge on any atom is 0.0603 e. The van der Waals surface area contributed by atoms with E-state index in [1.165, 1.54) is 17.7 Å². The van der Waals surface area contributed by atoms with E-state index < -0.39 is 0 Å². The van der Waals surface area contributed by atoms with Gasteiger partial charge in [-0.1, -0.05) is 36.5 Å². The molecule has 1 aromatic carbocycles. The number of hydrogen-bond donors (Lipinski definition) is 0. The molecule has 0 nitrogen and oxygen atoms in total. The van der Waals surface area contributed by atoms with E-state index in [1.807, 2.05) is 30.0 Å². The summed E-state index contributed by atoms with van der Waals surface area (Å²) in [6, 6.07) is 5.77. The lowest BCUT2D eigenvalue weighted by Gasteiger charge is -2.01. The van der Waals surface area contributed by atoms with Gasteiger partial charge in [-0.3, -0.25) is 0 Å². The Labute approximate surface area is 93.6 Å². The number of halogens is 2. The highest BCUT2D eigenvalue weighted by Crippen LogP contribution is 2.28. The maximum atomic E-state index is 5.88. The first kappa shape index (κ1) is 11.2. The van der Waals surface area contributed by atoms with E-state index in [2.05, 4.69) is 6.92 Å². The van der Waals surface area contributed by atoms with E-state index in [0.29, 0.717) is 10.0 Å². The molecular formula is C10H12Cl2S. The molecule has 0 amide bonds. The summed E-state index contributed by atoms with van der Waals surface area (Å²) in [6.07, 6.45) is 2.47. The minimum absolute atomic E-state index is 0.626. The van der Waals surface area contributed by atoms with Crippen LogP contribution in [0.1, 0.15) is 19.8 Å². The standard InChI is InChI=1S/C10H12Cl2S/c1-2-3-6-13-8-4-5-9(11)10(12)7-8/h4-5,7H,2-3,6H2,1H3. The molecule has 0 radical (unpaired) electrons. The topological polar surface area (TPSA) is 0 Å². The molecule has 0 heterocycles. The molecule has 0 saturated heterocycles. The van der Waals surface area contributed by atoms with Crippen molar-refractivity contribution in [3.8, 4) is 0 Å². The van der Waals surface area contributed by atoms with Gasteiger partial charge in [-0.2, -0.15) is 0 Å². The summed E-state index contributed by atoms with van der Waals surface area (Å²) in [5.74, 6) is 1.15. The van der Waals surface area contributed by atoms with Crippen LogP contribution >= 0.6 is 35.0 Å². The van der Waals surface area contributed by atoms with Crippen LogP contribution in [-0.2, 0) is 0 Å². The van der Waals surface area contributed by atoms with Crippen molar-refractivity contribution >= 4 is 35.0 Å². The highest BCUT2D eigenvalue weighted by molar-refractivity contribution is 7.99. The normalized spacial score (nSPS) is 10.4. The molecule has 0 aliphatic heterocycles. The molecule has 0 bridgehead atoms. The van der Waals surface area contributed by atoms with Crippen molar-refractivity contribution in [2.45, 2.75) is 24.7 Å². The van der Waals surface area contributed by atoms with Crippen LogP contribution in [0.4, 0.5) is 0 Å². The van der Waals surface area contributed by atoms with Crippen molar-refractivity contribution in [1.29, 1.82) is 0 Å². The van der Waals surface area contributed by atoms with Gasteiger partial charge in [0, 0.05) is 4.90 Å².